The summed E-state index contributed by atoms with van der Waals surface area (Å²) in [7, 11) is 0. The molecule has 0 amide bonds. The lowest BCUT2D eigenvalue weighted by atomic mass is 10.2. The van der Waals surface area contributed by atoms with Crippen LogP contribution in [-0.4, -0.2) is 14.7 Å². The SMILES string of the molecule is CCCCCn1c(SCc2cc(=O)c(O)co2)nc2ccc(Br)cc2c1=O. The molecule has 2 aromatic heterocycles. The number of rotatable bonds is 7. The third-order valence-electron chi connectivity index (χ3n) is 4.08. The number of fused-ring (bicyclic) bond motifs is 1. The van der Waals surface area contributed by atoms with Crippen LogP contribution in [0.1, 0.15) is 31.9 Å². The zero-order chi connectivity index (χ0) is 19.4. The molecule has 27 heavy (non-hydrogen) atoms. The predicted molar refractivity (Wildman–Crippen MR) is 109 cm³/mol. The van der Waals surface area contributed by atoms with Crippen LogP contribution >= 0.6 is 27.7 Å². The van der Waals surface area contributed by atoms with Gasteiger partial charge >= 0.3 is 0 Å². The highest BCUT2D eigenvalue weighted by Crippen LogP contribution is 2.24. The third-order valence-corrected chi connectivity index (χ3v) is 5.57. The number of halogens is 1. The average Bonchev–Trinajstić information content (AvgIpc) is 2.65. The Labute approximate surface area is 168 Å². The van der Waals surface area contributed by atoms with Gasteiger partial charge in [-0.25, -0.2) is 4.98 Å². The molecule has 0 aliphatic rings. The van der Waals surface area contributed by atoms with E-state index >= 15 is 0 Å². The minimum Gasteiger partial charge on any atom is -0.502 e. The molecule has 1 N–H and O–H groups in total. The molecule has 0 aliphatic carbocycles. The fourth-order valence-corrected chi connectivity index (χ4v) is 3.93. The molecule has 0 unspecified atom stereocenters. The number of benzene rings is 1. The second-order valence-electron chi connectivity index (χ2n) is 6.10. The first-order valence-electron chi connectivity index (χ1n) is 8.63. The maximum absolute atomic E-state index is 13.0. The van der Waals surface area contributed by atoms with Crippen molar-refractivity contribution in [3.8, 4) is 5.75 Å². The Morgan fingerprint density at radius 3 is 2.81 bits per heavy atom. The van der Waals surface area contributed by atoms with E-state index in [1.165, 1.54) is 17.8 Å². The number of thioether (sulfide) groups is 1. The van der Waals surface area contributed by atoms with Gasteiger partial charge in [0.25, 0.3) is 5.56 Å². The summed E-state index contributed by atoms with van der Waals surface area (Å²) in [5.74, 6) is 0.320. The first kappa shape index (κ1) is 19.7. The van der Waals surface area contributed by atoms with Gasteiger partial charge in [-0.1, -0.05) is 47.5 Å². The van der Waals surface area contributed by atoms with Crippen LogP contribution in [0.15, 0.2) is 54.2 Å². The molecule has 0 aliphatic heterocycles. The summed E-state index contributed by atoms with van der Waals surface area (Å²) in [6.45, 7) is 2.70. The zero-order valence-corrected chi connectivity index (χ0v) is 17.2. The van der Waals surface area contributed by atoms with E-state index < -0.39 is 11.2 Å². The Kier molecular flexibility index (Phi) is 6.38. The van der Waals surface area contributed by atoms with Gasteiger partial charge < -0.3 is 9.52 Å². The Morgan fingerprint density at radius 2 is 2.07 bits per heavy atom. The van der Waals surface area contributed by atoms with Crippen LogP contribution in [0.2, 0.25) is 0 Å². The van der Waals surface area contributed by atoms with Crippen molar-refractivity contribution in [1.82, 2.24) is 9.55 Å². The lowest BCUT2D eigenvalue weighted by Crippen LogP contribution is -2.23. The second kappa shape index (κ2) is 8.75. The quantitative estimate of drug-likeness (QED) is 0.328. The first-order valence-corrected chi connectivity index (χ1v) is 10.4. The monoisotopic (exact) mass is 450 g/mol. The highest BCUT2D eigenvalue weighted by Gasteiger charge is 2.13. The van der Waals surface area contributed by atoms with Crippen LogP contribution < -0.4 is 11.0 Å². The van der Waals surface area contributed by atoms with Crippen molar-refractivity contribution in [2.45, 2.75) is 43.6 Å². The third kappa shape index (κ3) is 4.62. The molecule has 0 radical (unpaired) electrons. The number of aromatic hydroxyl groups is 1. The summed E-state index contributed by atoms with van der Waals surface area (Å²) in [6.07, 6.45) is 4.00. The van der Waals surface area contributed by atoms with Gasteiger partial charge in [-0.2, -0.15) is 0 Å². The molecule has 3 aromatic rings. The van der Waals surface area contributed by atoms with E-state index in [0.29, 0.717) is 34.1 Å². The Bertz CT molecular complexity index is 1080. The molecule has 0 spiro atoms. The molecule has 142 valence electrons. The summed E-state index contributed by atoms with van der Waals surface area (Å²) in [4.78, 5) is 29.2. The van der Waals surface area contributed by atoms with Gasteiger partial charge in [-0.05, 0) is 24.6 Å². The lowest BCUT2D eigenvalue weighted by molar-refractivity contribution is 0.419. The van der Waals surface area contributed by atoms with Crippen molar-refractivity contribution in [3.05, 3.63) is 61.3 Å². The van der Waals surface area contributed by atoms with Crippen molar-refractivity contribution in [3.63, 3.8) is 0 Å². The lowest BCUT2D eigenvalue weighted by Gasteiger charge is -2.13. The van der Waals surface area contributed by atoms with Crippen LogP contribution in [0.3, 0.4) is 0 Å². The van der Waals surface area contributed by atoms with Crippen molar-refractivity contribution in [2.75, 3.05) is 0 Å². The summed E-state index contributed by atoms with van der Waals surface area (Å²) < 4.78 is 7.76. The van der Waals surface area contributed by atoms with Crippen LogP contribution in [0.4, 0.5) is 0 Å². The first-order chi connectivity index (χ1) is 13.0. The van der Waals surface area contributed by atoms with Crippen LogP contribution in [0, 0.1) is 0 Å². The van der Waals surface area contributed by atoms with E-state index in [9.17, 15) is 14.7 Å². The highest BCUT2D eigenvalue weighted by molar-refractivity contribution is 9.10. The van der Waals surface area contributed by atoms with Gasteiger partial charge in [0, 0.05) is 17.1 Å². The molecule has 1 aromatic carbocycles. The van der Waals surface area contributed by atoms with E-state index in [-0.39, 0.29) is 5.56 Å². The maximum Gasteiger partial charge on any atom is 0.262 e. The molecular formula is C19H19BrN2O4S. The molecule has 0 saturated heterocycles. The molecule has 0 saturated carbocycles. The summed E-state index contributed by atoms with van der Waals surface area (Å²) in [5, 5.41) is 10.5. The van der Waals surface area contributed by atoms with Crippen LogP contribution in [-0.2, 0) is 12.3 Å². The van der Waals surface area contributed by atoms with Gasteiger partial charge in [-0.15, -0.1) is 0 Å². The number of hydrogen-bond donors (Lipinski definition) is 1. The molecule has 8 heteroatoms. The van der Waals surface area contributed by atoms with E-state index in [2.05, 4.69) is 27.8 Å². The minimum atomic E-state index is -0.492. The van der Waals surface area contributed by atoms with E-state index in [0.717, 1.165) is 30.0 Å². The fourth-order valence-electron chi connectivity index (χ4n) is 2.66. The molecule has 0 fully saturated rings. The molecule has 6 nitrogen and oxygen atoms in total. The van der Waals surface area contributed by atoms with Gasteiger partial charge in [-0.3, -0.25) is 14.2 Å². The van der Waals surface area contributed by atoms with Crippen molar-refractivity contribution in [1.29, 1.82) is 0 Å². The Hall–Kier alpha value is -2.06. The zero-order valence-electron chi connectivity index (χ0n) is 14.8. The predicted octanol–water partition coefficient (Wildman–Crippen LogP) is 4.30. The van der Waals surface area contributed by atoms with Gasteiger partial charge in [0.2, 0.25) is 5.43 Å². The van der Waals surface area contributed by atoms with Crippen molar-refractivity contribution < 1.29 is 9.52 Å². The normalized spacial score (nSPS) is 11.2. The van der Waals surface area contributed by atoms with E-state index in [4.69, 9.17) is 4.42 Å². The number of unbranched alkanes of at least 4 members (excludes halogenated alkanes) is 2. The second-order valence-corrected chi connectivity index (χ2v) is 7.96. The molecule has 0 atom stereocenters. The largest absolute Gasteiger partial charge is 0.502 e. The maximum atomic E-state index is 13.0. The van der Waals surface area contributed by atoms with Crippen LogP contribution in [0.5, 0.6) is 5.75 Å². The Morgan fingerprint density at radius 1 is 1.26 bits per heavy atom. The molecular weight excluding hydrogens is 432 g/mol. The highest BCUT2D eigenvalue weighted by atomic mass is 79.9. The summed E-state index contributed by atoms with van der Waals surface area (Å²) in [6, 6.07) is 6.69. The number of nitrogens with zero attached hydrogens (tertiary/aromatic N) is 2. The van der Waals surface area contributed by atoms with E-state index in [1.807, 2.05) is 12.1 Å². The van der Waals surface area contributed by atoms with Gasteiger partial charge in [0.15, 0.2) is 10.9 Å². The molecule has 0 bridgehead atoms. The van der Waals surface area contributed by atoms with Gasteiger partial charge in [0.05, 0.1) is 16.7 Å². The smallest absolute Gasteiger partial charge is 0.262 e. The Balaban J connectivity index is 1.97. The number of aromatic nitrogens is 2. The van der Waals surface area contributed by atoms with E-state index in [1.54, 1.807) is 10.6 Å². The summed E-state index contributed by atoms with van der Waals surface area (Å²) in [5.41, 5.74) is 0.0603. The molecule has 2 heterocycles. The van der Waals surface area contributed by atoms with Gasteiger partial charge in [0.1, 0.15) is 12.0 Å². The van der Waals surface area contributed by atoms with Crippen molar-refractivity contribution >= 4 is 38.6 Å². The summed E-state index contributed by atoms with van der Waals surface area (Å²) >= 11 is 4.74. The minimum absolute atomic E-state index is 0.0768. The molecule has 3 rings (SSSR count). The standard InChI is InChI=1S/C19H19BrN2O4S/c1-2-3-4-7-22-18(25)14-8-12(20)5-6-15(14)21-19(22)27-11-13-9-16(23)17(24)10-26-13/h5-6,8-10,24H,2-4,7,11H2,1H3. The fraction of sp³-hybridized carbons (Fsp3) is 0.316. The average molecular weight is 451 g/mol. The topological polar surface area (TPSA) is 85.3 Å². The van der Waals surface area contributed by atoms with Crippen LogP contribution in [0.25, 0.3) is 10.9 Å². The van der Waals surface area contributed by atoms with Crippen molar-refractivity contribution in [2.24, 2.45) is 0 Å². The number of hydrogen-bond acceptors (Lipinski definition) is 6.